The molecule has 40 heavy (non-hydrogen) atoms. The van der Waals surface area contributed by atoms with Gasteiger partial charge in [0.2, 0.25) is 5.91 Å². The van der Waals surface area contributed by atoms with Crippen LogP contribution in [-0.4, -0.2) is 47.1 Å². The highest BCUT2D eigenvalue weighted by Gasteiger charge is 2.29. The number of ether oxygens (including phenoxy) is 1. The molecule has 0 fully saturated rings. The van der Waals surface area contributed by atoms with Gasteiger partial charge in [-0.2, -0.15) is 0 Å². The smallest absolute Gasteiger partial charge is 0.264 e. The van der Waals surface area contributed by atoms with Crippen molar-refractivity contribution in [1.82, 2.24) is 4.98 Å². The number of thiazole rings is 1. The van der Waals surface area contributed by atoms with E-state index in [1.807, 2.05) is 6.26 Å². The highest BCUT2D eigenvalue weighted by molar-refractivity contribution is 7.98. The number of hydrogen-bond donors (Lipinski definition) is 2. The van der Waals surface area contributed by atoms with Crippen LogP contribution in [0, 0.1) is 0 Å². The van der Waals surface area contributed by atoms with Crippen molar-refractivity contribution < 1.29 is 26.4 Å². The standard InChI is InChI=1S/C26H26N4O6S4/c1-3-36-24-7-5-4-6-23(24)30(40(34,35)22-14-10-20(37-2)11-15-22)18-25(31)28-19-8-12-21(13-9-19)39(32,33)29-26-27-16-17-38-26/h4-17H,3,18H2,1-2H3,(H,27,29)(H,28,31). The summed E-state index contributed by atoms with van der Waals surface area (Å²) in [7, 11) is -8.03. The molecular formula is C26H26N4O6S4. The van der Waals surface area contributed by atoms with Crippen molar-refractivity contribution in [3.8, 4) is 5.75 Å². The van der Waals surface area contributed by atoms with Crippen LogP contribution < -0.4 is 19.1 Å². The number of carbonyl (C=O) groups excluding carboxylic acids is 1. The third-order valence-corrected chi connectivity index (χ3v) is 10.2. The van der Waals surface area contributed by atoms with Crippen LogP contribution in [0.5, 0.6) is 5.75 Å². The van der Waals surface area contributed by atoms with Crippen molar-refractivity contribution in [2.75, 3.05) is 33.8 Å². The quantitative estimate of drug-likeness (QED) is 0.214. The summed E-state index contributed by atoms with van der Waals surface area (Å²) >= 11 is 2.62. The first-order chi connectivity index (χ1) is 19.1. The number of hydrogen-bond acceptors (Lipinski definition) is 9. The van der Waals surface area contributed by atoms with Crippen molar-refractivity contribution in [3.05, 3.63) is 84.4 Å². The fourth-order valence-electron chi connectivity index (χ4n) is 3.61. The minimum atomic E-state index is -4.17. The van der Waals surface area contributed by atoms with Crippen LogP contribution in [0.1, 0.15) is 6.92 Å². The Labute approximate surface area is 241 Å². The zero-order valence-electron chi connectivity index (χ0n) is 21.5. The maximum atomic E-state index is 13.8. The maximum absolute atomic E-state index is 13.8. The first-order valence-electron chi connectivity index (χ1n) is 11.8. The number of benzene rings is 3. The van der Waals surface area contributed by atoms with Crippen LogP contribution in [0.4, 0.5) is 16.5 Å². The molecule has 1 heterocycles. The molecule has 0 spiro atoms. The van der Waals surface area contributed by atoms with E-state index in [4.69, 9.17) is 4.74 Å². The molecule has 1 aromatic heterocycles. The van der Waals surface area contributed by atoms with Crippen LogP contribution in [0.3, 0.4) is 0 Å². The van der Waals surface area contributed by atoms with E-state index in [9.17, 15) is 21.6 Å². The largest absolute Gasteiger partial charge is 0.492 e. The SMILES string of the molecule is CCOc1ccccc1N(CC(=O)Nc1ccc(S(=O)(=O)Nc2nccs2)cc1)S(=O)(=O)c1ccc(SC)cc1. The molecule has 1 amide bonds. The molecule has 0 radical (unpaired) electrons. The van der Waals surface area contributed by atoms with Gasteiger partial charge in [0, 0.05) is 22.2 Å². The highest BCUT2D eigenvalue weighted by atomic mass is 32.2. The Hall–Kier alpha value is -3.59. The summed E-state index contributed by atoms with van der Waals surface area (Å²) < 4.78 is 61.7. The molecule has 210 valence electrons. The lowest BCUT2D eigenvalue weighted by Crippen LogP contribution is -2.38. The second-order valence-electron chi connectivity index (χ2n) is 8.10. The van der Waals surface area contributed by atoms with Gasteiger partial charge in [-0.3, -0.25) is 13.8 Å². The number of aromatic nitrogens is 1. The van der Waals surface area contributed by atoms with E-state index in [1.54, 1.807) is 48.7 Å². The Bertz CT molecular complexity index is 1660. The van der Waals surface area contributed by atoms with Gasteiger partial charge in [0.15, 0.2) is 5.13 Å². The summed E-state index contributed by atoms with van der Waals surface area (Å²) in [6.07, 6.45) is 3.37. The van der Waals surface area contributed by atoms with Crippen molar-refractivity contribution >= 4 is 65.6 Å². The van der Waals surface area contributed by atoms with Gasteiger partial charge in [-0.1, -0.05) is 12.1 Å². The molecule has 14 heteroatoms. The summed E-state index contributed by atoms with van der Waals surface area (Å²) in [5.41, 5.74) is 0.501. The molecular weight excluding hydrogens is 593 g/mol. The summed E-state index contributed by atoms with van der Waals surface area (Å²) in [5, 5.41) is 4.52. The Balaban J connectivity index is 1.58. The molecule has 4 rings (SSSR count). The predicted molar refractivity (Wildman–Crippen MR) is 158 cm³/mol. The molecule has 0 atom stereocenters. The Morgan fingerprint density at radius 2 is 1.65 bits per heavy atom. The minimum Gasteiger partial charge on any atom is -0.492 e. The Morgan fingerprint density at radius 1 is 0.975 bits per heavy atom. The number of para-hydroxylation sites is 2. The molecule has 0 saturated carbocycles. The van der Waals surface area contributed by atoms with E-state index in [0.717, 1.165) is 20.5 Å². The molecule has 10 nitrogen and oxygen atoms in total. The number of nitrogens with one attached hydrogen (secondary N) is 2. The third-order valence-electron chi connectivity index (χ3n) is 5.47. The highest BCUT2D eigenvalue weighted by Crippen LogP contribution is 2.33. The number of amides is 1. The number of carbonyl (C=O) groups is 1. The molecule has 4 aromatic rings. The summed E-state index contributed by atoms with van der Waals surface area (Å²) in [4.78, 5) is 17.9. The van der Waals surface area contributed by atoms with Crippen molar-refractivity contribution in [1.29, 1.82) is 0 Å². The van der Waals surface area contributed by atoms with Crippen LogP contribution in [0.15, 0.2) is 99.1 Å². The van der Waals surface area contributed by atoms with Gasteiger partial charge in [-0.25, -0.2) is 21.8 Å². The van der Waals surface area contributed by atoms with Crippen LogP contribution in [-0.2, 0) is 24.8 Å². The first kappa shape index (κ1) is 29.4. The zero-order valence-corrected chi connectivity index (χ0v) is 24.7. The lowest BCUT2D eigenvalue weighted by atomic mass is 10.3. The minimum absolute atomic E-state index is 0.0201. The second-order valence-corrected chi connectivity index (χ2v) is 13.4. The topological polar surface area (TPSA) is 135 Å². The van der Waals surface area contributed by atoms with E-state index >= 15 is 0 Å². The summed E-state index contributed by atoms with van der Waals surface area (Å²) in [6, 6.07) is 18.5. The van der Waals surface area contributed by atoms with Gasteiger partial charge < -0.3 is 10.1 Å². The van der Waals surface area contributed by atoms with Gasteiger partial charge in [-0.15, -0.1) is 23.1 Å². The molecule has 0 bridgehead atoms. The van der Waals surface area contributed by atoms with Crippen molar-refractivity contribution in [2.24, 2.45) is 0 Å². The molecule has 0 aliphatic heterocycles. The molecule has 0 aliphatic rings. The van der Waals surface area contributed by atoms with Crippen LogP contribution in [0.2, 0.25) is 0 Å². The van der Waals surface area contributed by atoms with Gasteiger partial charge in [0.25, 0.3) is 20.0 Å². The maximum Gasteiger partial charge on any atom is 0.264 e. The lowest BCUT2D eigenvalue weighted by Gasteiger charge is -2.26. The van der Waals surface area contributed by atoms with Gasteiger partial charge in [-0.05, 0) is 73.8 Å². The number of thioether (sulfide) groups is 1. The van der Waals surface area contributed by atoms with Gasteiger partial charge in [0.05, 0.1) is 22.1 Å². The van der Waals surface area contributed by atoms with Crippen LogP contribution in [0.25, 0.3) is 0 Å². The molecule has 0 saturated heterocycles. The molecule has 0 aliphatic carbocycles. The van der Waals surface area contributed by atoms with Crippen molar-refractivity contribution in [2.45, 2.75) is 21.6 Å². The first-order valence-corrected chi connectivity index (χ1v) is 16.9. The summed E-state index contributed by atoms with van der Waals surface area (Å²) in [6.45, 7) is 1.52. The molecule has 3 aromatic carbocycles. The lowest BCUT2D eigenvalue weighted by molar-refractivity contribution is -0.114. The van der Waals surface area contributed by atoms with Crippen LogP contribution >= 0.6 is 23.1 Å². The third kappa shape index (κ3) is 6.94. The van der Waals surface area contributed by atoms with E-state index in [-0.39, 0.29) is 26.3 Å². The number of nitrogens with zero attached hydrogens (tertiary/aromatic N) is 2. The second kappa shape index (κ2) is 12.7. The van der Waals surface area contributed by atoms with E-state index in [0.29, 0.717) is 12.4 Å². The van der Waals surface area contributed by atoms with Gasteiger partial charge >= 0.3 is 0 Å². The van der Waals surface area contributed by atoms with E-state index in [2.05, 4.69) is 15.0 Å². The number of sulfonamides is 2. The average molecular weight is 619 g/mol. The summed E-state index contributed by atoms with van der Waals surface area (Å²) in [5.74, 6) is -0.323. The molecule has 0 unspecified atom stereocenters. The predicted octanol–water partition coefficient (Wildman–Crippen LogP) is 4.90. The molecule has 2 N–H and O–H groups in total. The Morgan fingerprint density at radius 3 is 2.27 bits per heavy atom. The van der Waals surface area contributed by atoms with Gasteiger partial charge in [0.1, 0.15) is 12.3 Å². The van der Waals surface area contributed by atoms with E-state index in [1.165, 1.54) is 54.4 Å². The number of anilines is 3. The fraction of sp³-hybridized carbons (Fsp3) is 0.154. The Kier molecular flexibility index (Phi) is 9.35. The number of rotatable bonds is 12. The fourth-order valence-corrected chi connectivity index (χ4v) is 7.24. The van der Waals surface area contributed by atoms with E-state index < -0.39 is 32.5 Å². The average Bonchev–Trinajstić information content (AvgIpc) is 3.45. The van der Waals surface area contributed by atoms with Crippen molar-refractivity contribution in [3.63, 3.8) is 0 Å². The monoisotopic (exact) mass is 618 g/mol. The zero-order chi connectivity index (χ0) is 28.8. The normalized spacial score (nSPS) is 11.6.